The third-order valence-corrected chi connectivity index (χ3v) is 5.16. The summed E-state index contributed by atoms with van der Waals surface area (Å²) in [6.07, 6.45) is 22.5. The number of hydrogen-bond acceptors (Lipinski definition) is 2. The third kappa shape index (κ3) is 21.2. The van der Waals surface area contributed by atoms with E-state index in [1.807, 2.05) is 0 Å². The second-order valence-electron chi connectivity index (χ2n) is 7.84. The Labute approximate surface area is 162 Å². The van der Waals surface area contributed by atoms with Crippen LogP contribution in [-0.2, 0) is 9.59 Å². The van der Waals surface area contributed by atoms with E-state index in [2.05, 4.69) is 6.92 Å². The Hall–Kier alpha value is -0.860. The van der Waals surface area contributed by atoms with E-state index in [4.69, 9.17) is 5.11 Å². The second kappa shape index (κ2) is 20.5. The lowest BCUT2D eigenvalue weighted by Crippen LogP contribution is -1.97. The first-order valence-electron chi connectivity index (χ1n) is 11.4. The van der Waals surface area contributed by atoms with Crippen molar-refractivity contribution in [2.45, 2.75) is 135 Å². The molecule has 0 bridgehead atoms. The number of aliphatic carboxylic acids is 1. The van der Waals surface area contributed by atoms with E-state index >= 15 is 0 Å². The summed E-state index contributed by atoms with van der Waals surface area (Å²) in [5, 5.41) is 8.56. The molecule has 0 amide bonds. The van der Waals surface area contributed by atoms with Crippen LogP contribution in [0.1, 0.15) is 135 Å². The van der Waals surface area contributed by atoms with Crippen LogP contribution >= 0.6 is 0 Å². The molecule has 26 heavy (non-hydrogen) atoms. The first kappa shape index (κ1) is 25.1. The van der Waals surface area contributed by atoms with Crippen LogP contribution in [0.3, 0.4) is 0 Å². The van der Waals surface area contributed by atoms with Gasteiger partial charge in [-0.2, -0.15) is 0 Å². The van der Waals surface area contributed by atoms with Gasteiger partial charge >= 0.3 is 5.97 Å². The zero-order valence-electron chi connectivity index (χ0n) is 17.4. The SMILES string of the molecule is CCCCCCCCCCCC(=O)CCCCCCCCCCC(=O)O. The van der Waals surface area contributed by atoms with Crippen molar-refractivity contribution in [1.29, 1.82) is 0 Å². The molecule has 0 aliphatic carbocycles. The minimum absolute atomic E-state index is 0.307. The highest BCUT2D eigenvalue weighted by Crippen LogP contribution is 2.13. The van der Waals surface area contributed by atoms with E-state index in [0.29, 0.717) is 12.2 Å². The first-order valence-corrected chi connectivity index (χ1v) is 11.4. The molecule has 0 fully saturated rings. The van der Waals surface area contributed by atoms with Gasteiger partial charge in [0, 0.05) is 19.3 Å². The summed E-state index contributed by atoms with van der Waals surface area (Å²) >= 11 is 0. The van der Waals surface area contributed by atoms with Crippen molar-refractivity contribution in [3.8, 4) is 0 Å². The van der Waals surface area contributed by atoms with E-state index in [9.17, 15) is 9.59 Å². The summed E-state index contributed by atoms with van der Waals surface area (Å²) in [7, 11) is 0. The number of carbonyl (C=O) groups excluding carboxylic acids is 1. The van der Waals surface area contributed by atoms with E-state index in [1.54, 1.807) is 0 Å². The number of carboxylic acids is 1. The normalized spacial score (nSPS) is 11.0. The van der Waals surface area contributed by atoms with Crippen LogP contribution in [0.2, 0.25) is 0 Å². The van der Waals surface area contributed by atoms with Crippen LogP contribution in [0.25, 0.3) is 0 Å². The largest absolute Gasteiger partial charge is 0.481 e. The first-order chi connectivity index (χ1) is 12.7. The minimum atomic E-state index is -0.683. The molecule has 0 aromatic carbocycles. The number of carbonyl (C=O) groups is 2. The highest BCUT2D eigenvalue weighted by Gasteiger charge is 2.02. The summed E-state index contributed by atoms with van der Waals surface area (Å²) in [4.78, 5) is 22.3. The summed E-state index contributed by atoms with van der Waals surface area (Å²) in [5.41, 5.74) is 0. The summed E-state index contributed by atoms with van der Waals surface area (Å²) in [6, 6.07) is 0. The number of hydrogen-bond donors (Lipinski definition) is 1. The van der Waals surface area contributed by atoms with Crippen molar-refractivity contribution in [2.75, 3.05) is 0 Å². The molecule has 0 saturated heterocycles. The molecule has 0 spiro atoms. The molecule has 0 heterocycles. The smallest absolute Gasteiger partial charge is 0.303 e. The van der Waals surface area contributed by atoms with Crippen LogP contribution in [0, 0.1) is 0 Å². The number of unbranched alkanes of at least 4 members (excludes halogenated alkanes) is 15. The number of Topliss-reactive ketones (excluding diaryl/α,β-unsaturated/α-hetero) is 1. The van der Waals surface area contributed by atoms with E-state index < -0.39 is 5.97 Å². The minimum Gasteiger partial charge on any atom is -0.481 e. The van der Waals surface area contributed by atoms with Crippen molar-refractivity contribution < 1.29 is 14.7 Å². The number of ketones is 1. The van der Waals surface area contributed by atoms with Crippen molar-refractivity contribution in [1.82, 2.24) is 0 Å². The number of carboxylic acid groups (broad SMARTS) is 1. The van der Waals surface area contributed by atoms with Gasteiger partial charge < -0.3 is 5.11 Å². The van der Waals surface area contributed by atoms with Crippen molar-refractivity contribution >= 4 is 11.8 Å². The predicted octanol–water partition coefficient (Wildman–Crippen LogP) is 7.46. The van der Waals surface area contributed by atoms with Crippen molar-refractivity contribution in [2.24, 2.45) is 0 Å². The zero-order valence-corrected chi connectivity index (χ0v) is 17.4. The summed E-state index contributed by atoms with van der Waals surface area (Å²) in [5.74, 6) is -0.223. The van der Waals surface area contributed by atoms with Gasteiger partial charge in [0.25, 0.3) is 0 Å². The lowest BCUT2D eigenvalue weighted by atomic mass is 10.0. The molecule has 0 saturated carbocycles. The quantitative estimate of drug-likeness (QED) is 0.214. The maximum absolute atomic E-state index is 11.9. The molecule has 1 N–H and O–H groups in total. The fourth-order valence-corrected chi connectivity index (χ4v) is 3.42. The highest BCUT2D eigenvalue weighted by atomic mass is 16.4. The van der Waals surface area contributed by atoms with Gasteiger partial charge in [-0.3, -0.25) is 9.59 Å². The van der Waals surface area contributed by atoms with Crippen LogP contribution < -0.4 is 0 Å². The van der Waals surface area contributed by atoms with Crippen LogP contribution in [0.4, 0.5) is 0 Å². The van der Waals surface area contributed by atoms with Crippen molar-refractivity contribution in [3.05, 3.63) is 0 Å². The molecule has 0 atom stereocenters. The maximum atomic E-state index is 11.9. The fraction of sp³-hybridized carbons (Fsp3) is 0.913. The predicted molar refractivity (Wildman–Crippen MR) is 111 cm³/mol. The Bertz CT molecular complexity index is 325. The molecule has 0 aliphatic rings. The molecule has 3 heteroatoms. The van der Waals surface area contributed by atoms with Gasteiger partial charge in [0.2, 0.25) is 0 Å². The third-order valence-electron chi connectivity index (χ3n) is 5.16. The average molecular weight is 369 g/mol. The monoisotopic (exact) mass is 368 g/mol. The summed E-state index contributed by atoms with van der Waals surface area (Å²) in [6.45, 7) is 2.25. The highest BCUT2D eigenvalue weighted by molar-refractivity contribution is 5.78. The van der Waals surface area contributed by atoms with Crippen LogP contribution in [-0.4, -0.2) is 16.9 Å². The molecule has 154 valence electrons. The molecule has 0 unspecified atom stereocenters. The van der Waals surface area contributed by atoms with Gasteiger partial charge in [-0.15, -0.1) is 0 Å². The van der Waals surface area contributed by atoms with Gasteiger partial charge in [0.15, 0.2) is 0 Å². The van der Waals surface area contributed by atoms with Crippen LogP contribution in [0.5, 0.6) is 0 Å². The average Bonchev–Trinajstić information content (AvgIpc) is 2.61. The Balaban J connectivity index is 3.16. The number of rotatable bonds is 21. The molecular weight excluding hydrogens is 324 g/mol. The molecule has 0 radical (unpaired) electrons. The van der Waals surface area contributed by atoms with E-state index in [0.717, 1.165) is 44.9 Å². The Morgan fingerprint density at radius 1 is 0.500 bits per heavy atom. The Kier molecular flexibility index (Phi) is 19.8. The molecule has 0 rings (SSSR count). The molecule has 0 aromatic rings. The maximum Gasteiger partial charge on any atom is 0.303 e. The molecular formula is C23H44O3. The van der Waals surface area contributed by atoms with Gasteiger partial charge in [-0.25, -0.2) is 0 Å². The topological polar surface area (TPSA) is 54.4 Å². The van der Waals surface area contributed by atoms with Gasteiger partial charge in [-0.1, -0.05) is 96.8 Å². The lowest BCUT2D eigenvalue weighted by molar-refractivity contribution is -0.137. The summed E-state index contributed by atoms with van der Waals surface area (Å²) < 4.78 is 0. The molecule has 0 aliphatic heterocycles. The van der Waals surface area contributed by atoms with E-state index in [1.165, 1.54) is 77.0 Å². The molecule has 3 nitrogen and oxygen atoms in total. The standard InChI is InChI=1S/C23H44O3/c1-2-3-4-5-6-7-10-13-16-19-22(24)20-17-14-11-8-9-12-15-18-21-23(25)26/h2-21H2,1H3,(H,25,26). The van der Waals surface area contributed by atoms with Gasteiger partial charge in [-0.05, 0) is 19.3 Å². The van der Waals surface area contributed by atoms with Gasteiger partial charge in [0.1, 0.15) is 5.78 Å². The lowest BCUT2D eigenvalue weighted by Gasteiger charge is -2.03. The second-order valence-corrected chi connectivity index (χ2v) is 7.84. The van der Waals surface area contributed by atoms with Crippen molar-refractivity contribution in [3.63, 3.8) is 0 Å². The van der Waals surface area contributed by atoms with Gasteiger partial charge in [0.05, 0.1) is 0 Å². The van der Waals surface area contributed by atoms with Crippen LogP contribution in [0.15, 0.2) is 0 Å². The molecule has 0 aromatic heterocycles. The Morgan fingerprint density at radius 3 is 1.15 bits per heavy atom. The fourth-order valence-electron chi connectivity index (χ4n) is 3.42. The van der Waals surface area contributed by atoms with E-state index in [-0.39, 0.29) is 0 Å². The zero-order chi connectivity index (χ0) is 19.3. The Morgan fingerprint density at radius 2 is 0.808 bits per heavy atom.